The fraction of sp³-hybridized carbons (Fsp3) is 0.650. The zero-order valence-electron chi connectivity index (χ0n) is 15.4. The maximum atomic E-state index is 12.6. The number of carbonyl (C=O) groups is 1. The van der Waals surface area contributed by atoms with E-state index in [-0.39, 0.29) is 23.5 Å². The van der Waals surface area contributed by atoms with Gasteiger partial charge in [0.15, 0.2) is 0 Å². The third-order valence-corrected chi connectivity index (χ3v) is 7.85. The Kier molecular flexibility index (Phi) is 3.85. The summed E-state index contributed by atoms with van der Waals surface area (Å²) in [5.41, 5.74) is 3.03. The van der Waals surface area contributed by atoms with Crippen LogP contribution >= 0.6 is 15.9 Å². The van der Waals surface area contributed by atoms with Gasteiger partial charge in [0.25, 0.3) is 0 Å². The molecule has 2 fully saturated rings. The Labute approximate surface area is 166 Å². The van der Waals surface area contributed by atoms with Gasteiger partial charge in [-0.1, -0.05) is 15.9 Å². The van der Waals surface area contributed by atoms with Crippen LogP contribution in [0, 0.1) is 12.8 Å². The average molecular weight is 438 g/mol. The van der Waals surface area contributed by atoms with Crippen LogP contribution in [0.25, 0.3) is 0 Å². The summed E-state index contributed by atoms with van der Waals surface area (Å²) in [6.45, 7) is 4.75. The van der Waals surface area contributed by atoms with Gasteiger partial charge >= 0.3 is 6.09 Å². The molecule has 1 amide bonds. The standard InChI is InChI=1S/C20H24BrNO5/c1-3-26-19(25)22-5-4-20-11-8-14(23)16(24)18(20)27-17-9(2)6-12(21)10(15(17)20)7-13(11)22/h6,11,13-14,16,18,23-24H,3-5,7-8H2,1-2H3/t11-,13+,14+,16?,18-,20-/m0/s1. The van der Waals surface area contributed by atoms with Crippen LogP contribution in [0.5, 0.6) is 5.75 Å². The van der Waals surface area contributed by atoms with Crippen molar-refractivity contribution < 1.29 is 24.5 Å². The number of likely N-dealkylation sites (tertiary alicyclic amines) is 1. The molecule has 1 spiro atoms. The van der Waals surface area contributed by atoms with E-state index in [1.54, 1.807) is 0 Å². The van der Waals surface area contributed by atoms with Gasteiger partial charge in [-0.25, -0.2) is 4.79 Å². The molecular formula is C20H24BrNO5. The van der Waals surface area contributed by atoms with Crippen molar-refractivity contribution in [1.29, 1.82) is 0 Å². The molecular weight excluding hydrogens is 414 g/mol. The van der Waals surface area contributed by atoms with Gasteiger partial charge in [0.2, 0.25) is 0 Å². The summed E-state index contributed by atoms with van der Waals surface area (Å²) in [6.07, 6.45) is -0.665. The van der Waals surface area contributed by atoms with Gasteiger partial charge in [-0.05, 0) is 56.2 Å². The van der Waals surface area contributed by atoms with Gasteiger partial charge in [-0.15, -0.1) is 0 Å². The zero-order valence-corrected chi connectivity index (χ0v) is 17.0. The second-order valence-electron chi connectivity index (χ2n) is 8.25. The first kappa shape index (κ1) is 17.8. The molecule has 1 aromatic carbocycles. The maximum Gasteiger partial charge on any atom is 0.410 e. The molecule has 2 aliphatic carbocycles. The molecule has 1 aromatic rings. The summed E-state index contributed by atoms with van der Waals surface area (Å²) in [6, 6.07) is 1.99. The van der Waals surface area contributed by atoms with Crippen LogP contribution in [-0.2, 0) is 16.6 Å². The van der Waals surface area contributed by atoms with E-state index in [4.69, 9.17) is 9.47 Å². The molecule has 6 nitrogen and oxygen atoms in total. The summed E-state index contributed by atoms with van der Waals surface area (Å²) in [5, 5.41) is 21.3. The Morgan fingerprint density at radius 2 is 2.26 bits per heavy atom. The Balaban J connectivity index is 1.71. The highest BCUT2D eigenvalue weighted by molar-refractivity contribution is 9.10. The van der Waals surface area contributed by atoms with Crippen molar-refractivity contribution in [3.05, 3.63) is 27.2 Å². The quantitative estimate of drug-likeness (QED) is 0.704. The number of hydrogen-bond acceptors (Lipinski definition) is 5. The van der Waals surface area contributed by atoms with Crippen LogP contribution in [0.15, 0.2) is 10.5 Å². The van der Waals surface area contributed by atoms with Gasteiger partial charge in [-0.2, -0.15) is 0 Å². The lowest BCUT2D eigenvalue weighted by Gasteiger charge is -2.59. The fourth-order valence-electron chi connectivity index (χ4n) is 6.13. The molecule has 6 atom stereocenters. The van der Waals surface area contributed by atoms with Crippen molar-refractivity contribution in [1.82, 2.24) is 4.90 Å². The molecule has 1 saturated heterocycles. The summed E-state index contributed by atoms with van der Waals surface area (Å²) >= 11 is 3.72. The molecule has 4 aliphatic rings. The molecule has 2 bridgehead atoms. The summed E-state index contributed by atoms with van der Waals surface area (Å²) in [4.78, 5) is 14.4. The highest BCUT2D eigenvalue weighted by Gasteiger charge is 2.68. The van der Waals surface area contributed by atoms with Gasteiger partial charge in [-0.3, -0.25) is 0 Å². The number of aliphatic hydroxyl groups excluding tert-OH is 2. The van der Waals surface area contributed by atoms with E-state index in [0.717, 1.165) is 21.3 Å². The van der Waals surface area contributed by atoms with Crippen LogP contribution in [0.2, 0.25) is 0 Å². The lowest BCUT2D eigenvalue weighted by atomic mass is 9.51. The van der Waals surface area contributed by atoms with E-state index in [9.17, 15) is 15.0 Å². The number of piperidine rings is 1. The molecule has 1 saturated carbocycles. The van der Waals surface area contributed by atoms with E-state index < -0.39 is 18.3 Å². The molecule has 0 radical (unpaired) electrons. The van der Waals surface area contributed by atoms with E-state index in [1.165, 1.54) is 5.56 Å². The Morgan fingerprint density at radius 1 is 1.48 bits per heavy atom. The number of benzene rings is 1. The van der Waals surface area contributed by atoms with Gasteiger partial charge in [0.1, 0.15) is 18.0 Å². The minimum absolute atomic E-state index is 0.0431. The number of rotatable bonds is 1. The predicted octanol–water partition coefficient (Wildman–Crippen LogP) is 2.28. The van der Waals surface area contributed by atoms with E-state index in [0.29, 0.717) is 32.4 Å². The minimum Gasteiger partial charge on any atom is -0.486 e. The number of aryl methyl sites for hydroxylation is 1. The second-order valence-corrected chi connectivity index (χ2v) is 9.11. The normalized spacial score (nSPS) is 38.3. The molecule has 7 heteroatoms. The van der Waals surface area contributed by atoms with Crippen molar-refractivity contribution in [2.45, 2.75) is 62.9 Å². The largest absolute Gasteiger partial charge is 0.486 e. The SMILES string of the molecule is CCOC(=O)N1CC[C@]23c4c5c(Br)cc(C)c4O[C@H]2C(O)[C@H](O)C[C@H]3[C@H]1C5. The molecule has 146 valence electrons. The number of halogens is 1. The van der Waals surface area contributed by atoms with Crippen LogP contribution in [-0.4, -0.2) is 58.7 Å². The number of amides is 1. The van der Waals surface area contributed by atoms with Crippen LogP contribution < -0.4 is 4.74 Å². The van der Waals surface area contributed by atoms with E-state index in [2.05, 4.69) is 22.0 Å². The topological polar surface area (TPSA) is 79.2 Å². The average Bonchev–Trinajstić information content (AvgIpc) is 2.95. The van der Waals surface area contributed by atoms with Crippen molar-refractivity contribution in [3.63, 3.8) is 0 Å². The number of hydrogen-bond donors (Lipinski definition) is 2. The van der Waals surface area contributed by atoms with Gasteiger partial charge < -0.3 is 24.6 Å². The lowest BCUT2D eigenvalue weighted by Crippen LogP contribution is -2.70. The zero-order chi connectivity index (χ0) is 19.1. The van der Waals surface area contributed by atoms with Gasteiger partial charge in [0, 0.05) is 28.0 Å². The molecule has 0 aromatic heterocycles. The van der Waals surface area contributed by atoms with Crippen molar-refractivity contribution in [2.24, 2.45) is 5.92 Å². The fourth-order valence-corrected chi connectivity index (χ4v) is 6.84. The molecule has 27 heavy (non-hydrogen) atoms. The highest BCUT2D eigenvalue weighted by atomic mass is 79.9. The van der Waals surface area contributed by atoms with Crippen molar-refractivity contribution in [3.8, 4) is 5.75 Å². The summed E-state index contributed by atoms with van der Waals surface area (Å²) in [7, 11) is 0. The number of aliphatic hydroxyl groups is 2. The molecule has 2 N–H and O–H groups in total. The first-order chi connectivity index (χ1) is 12.9. The lowest BCUT2D eigenvalue weighted by molar-refractivity contribution is -0.150. The van der Waals surface area contributed by atoms with Crippen LogP contribution in [0.3, 0.4) is 0 Å². The summed E-state index contributed by atoms with van der Waals surface area (Å²) in [5.74, 6) is 0.904. The molecule has 2 heterocycles. The Morgan fingerprint density at radius 3 is 3.00 bits per heavy atom. The molecule has 2 aliphatic heterocycles. The third kappa shape index (κ3) is 2.11. The van der Waals surface area contributed by atoms with Gasteiger partial charge in [0.05, 0.1) is 12.7 Å². The number of carbonyl (C=O) groups excluding carboxylic acids is 1. The smallest absolute Gasteiger partial charge is 0.410 e. The van der Waals surface area contributed by atoms with E-state index in [1.807, 2.05) is 18.7 Å². The molecule has 5 rings (SSSR count). The Hall–Kier alpha value is -1.31. The summed E-state index contributed by atoms with van der Waals surface area (Å²) < 4.78 is 12.7. The third-order valence-electron chi connectivity index (χ3n) is 7.14. The van der Waals surface area contributed by atoms with Crippen molar-refractivity contribution in [2.75, 3.05) is 13.2 Å². The highest BCUT2D eigenvalue weighted by Crippen LogP contribution is 2.63. The number of ether oxygens (including phenoxy) is 2. The Bertz CT molecular complexity index is 829. The predicted molar refractivity (Wildman–Crippen MR) is 101 cm³/mol. The second kappa shape index (κ2) is 5.84. The molecule has 1 unspecified atom stereocenters. The number of nitrogens with zero attached hydrogens (tertiary/aromatic N) is 1. The van der Waals surface area contributed by atoms with Crippen molar-refractivity contribution >= 4 is 22.0 Å². The maximum absolute atomic E-state index is 12.6. The van der Waals surface area contributed by atoms with E-state index >= 15 is 0 Å². The first-order valence-corrected chi connectivity index (χ1v) is 10.5. The van der Waals surface area contributed by atoms with Crippen LogP contribution in [0.4, 0.5) is 4.79 Å². The first-order valence-electron chi connectivity index (χ1n) is 9.68. The minimum atomic E-state index is -0.924. The monoisotopic (exact) mass is 437 g/mol. The van der Waals surface area contributed by atoms with Crippen LogP contribution in [0.1, 0.15) is 36.5 Å².